The maximum Gasteiger partial charge on any atom is 0.149 e. The van der Waals surface area contributed by atoms with Gasteiger partial charge in [-0.1, -0.05) is 145 Å². The first-order chi connectivity index (χ1) is 29.2. The van der Waals surface area contributed by atoms with Crippen LogP contribution in [0.15, 0.2) is 180 Å². The van der Waals surface area contributed by atoms with Gasteiger partial charge < -0.3 is 9.52 Å². The van der Waals surface area contributed by atoms with E-state index in [1.165, 1.54) is 16.5 Å². The van der Waals surface area contributed by atoms with Crippen LogP contribution in [0.25, 0.3) is 106 Å². The molecular formula is C54H34N3O2Pt-. The first kappa shape index (κ1) is 36.0. The Labute approximate surface area is 360 Å². The van der Waals surface area contributed by atoms with Gasteiger partial charge in [-0.05, 0) is 46.8 Å². The van der Waals surface area contributed by atoms with Crippen molar-refractivity contribution in [1.29, 1.82) is 0 Å². The topological polar surface area (TPSA) is 64.1 Å². The van der Waals surface area contributed by atoms with Crippen LogP contribution < -0.4 is 0 Å². The summed E-state index contributed by atoms with van der Waals surface area (Å²) in [5.74, 6) is 0.691. The summed E-state index contributed by atoms with van der Waals surface area (Å²) in [4.78, 5) is 11.2. The number of fused-ring (bicyclic) bond motifs is 9. The van der Waals surface area contributed by atoms with E-state index in [-0.39, 0.29) is 26.8 Å². The minimum Gasteiger partial charge on any atom is -0.507 e. The summed E-state index contributed by atoms with van der Waals surface area (Å²) in [6, 6.07) is 64.0. The van der Waals surface area contributed by atoms with Crippen molar-refractivity contribution < 1.29 is 30.6 Å². The van der Waals surface area contributed by atoms with Crippen LogP contribution in [-0.2, 0) is 33.9 Å². The molecule has 0 spiro atoms. The van der Waals surface area contributed by atoms with Crippen molar-refractivity contribution in [2.75, 3.05) is 0 Å². The quantitative estimate of drug-likeness (QED) is 0.175. The van der Waals surface area contributed by atoms with E-state index >= 15 is 0 Å². The minimum atomic E-state index is 0. The number of furan rings is 1. The number of pyridine rings is 1. The van der Waals surface area contributed by atoms with Gasteiger partial charge in [-0.25, -0.2) is 4.98 Å². The van der Waals surface area contributed by atoms with Crippen molar-refractivity contribution in [3.8, 4) is 67.6 Å². The largest absolute Gasteiger partial charge is 0.507 e. The predicted octanol–water partition coefficient (Wildman–Crippen LogP) is 13.4. The van der Waals surface area contributed by atoms with Crippen molar-refractivity contribution in [3.05, 3.63) is 193 Å². The van der Waals surface area contributed by atoms with Crippen molar-refractivity contribution in [2.24, 2.45) is 0 Å². The van der Waals surface area contributed by atoms with Gasteiger partial charge in [0.15, 0.2) is 0 Å². The van der Waals surface area contributed by atoms with Crippen LogP contribution >= 0.6 is 0 Å². The van der Waals surface area contributed by atoms with Crippen LogP contribution in [0.5, 0.6) is 5.75 Å². The molecule has 0 fully saturated rings. The standard InChI is InChI=1S/C54H34N3O2.Pt/c58-47-32-49-44(40-22-11-12-28-48(40)59-49)31-45(47)54-56-52-43(51-41-23-10-9-21-39(41)42-30-29-35-19-7-8-20-36(35)50(42)55-51)26-14-27-46(52)57(54)53-37(33-15-3-1-4-16-33)24-13-25-38(53)34-17-5-2-6-18-34;/h1-19,21-28,31-32,58H,29-30H2;/q-1;. The average Bonchev–Trinajstić information content (AvgIpc) is 3.86. The van der Waals surface area contributed by atoms with E-state index in [1.54, 1.807) is 6.07 Å². The fourth-order valence-electron chi connectivity index (χ4n) is 9.27. The number of imidazole rings is 1. The van der Waals surface area contributed by atoms with E-state index in [9.17, 15) is 5.11 Å². The molecule has 12 rings (SSSR count). The number of hydrogen-bond acceptors (Lipinski definition) is 4. The summed E-state index contributed by atoms with van der Waals surface area (Å²) in [5.41, 5.74) is 15.2. The Bertz CT molecular complexity index is 3400. The zero-order valence-corrected chi connectivity index (χ0v) is 34.4. The molecule has 8 aromatic carbocycles. The van der Waals surface area contributed by atoms with Crippen LogP contribution in [0.3, 0.4) is 0 Å². The van der Waals surface area contributed by atoms with Crippen molar-refractivity contribution in [2.45, 2.75) is 12.8 Å². The smallest absolute Gasteiger partial charge is 0.149 e. The molecule has 6 heteroatoms. The molecule has 1 N–H and O–H groups in total. The van der Waals surface area contributed by atoms with E-state index in [2.05, 4.69) is 138 Å². The minimum absolute atomic E-state index is 0. The van der Waals surface area contributed by atoms with Gasteiger partial charge >= 0.3 is 0 Å². The first-order valence-corrected chi connectivity index (χ1v) is 20.0. The third kappa shape index (κ3) is 5.57. The predicted molar refractivity (Wildman–Crippen MR) is 239 cm³/mol. The van der Waals surface area contributed by atoms with Gasteiger partial charge in [0, 0.05) is 60.0 Å². The molecule has 3 heterocycles. The zero-order valence-electron chi connectivity index (χ0n) is 32.2. The summed E-state index contributed by atoms with van der Waals surface area (Å²) in [7, 11) is 0. The Morgan fingerprint density at radius 3 is 1.97 bits per heavy atom. The summed E-state index contributed by atoms with van der Waals surface area (Å²) >= 11 is 0. The van der Waals surface area contributed by atoms with E-state index in [1.807, 2.05) is 42.5 Å². The van der Waals surface area contributed by atoms with E-state index in [0.29, 0.717) is 17.0 Å². The van der Waals surface area contributed by atoms with Crippen molar-refractivity contribution in [3.63, 3.8) is 0 Å². The SMILES string of the molecule is Oc1cc2oc3ccccc3c2cc1-c1nc2c(-c3nc4c(c5ccccc35)CCc3ccc[c-]c3-4)cccc2n1-c1c(-c2ccccc2)cccc1-c1ccccc1.[Pt]. The molecule has 0 saturated heterocycles. The molecule has 0 saturated carbocycles. The molecule has 288 valence electrons. The number of rotatable bonds is 5. The fourth-order valence-corrected chi connectivity index (χ4v) is 9.27. The average molecular weight is 952 g/mol. The van der Waals surface area contributed by atoms with E-state index in [0.717, 1.165) is 96.1 Å². The maximum absolute atomic E-state index is 12.1. The molecule has 0 unspecified atom stereocenters. The molecular weight excluding hydrogens is 918 g/mol. The third-order valence-electron chi connectivity index (χ3n) is 11.9. The Hall–Kier alpha value is -7.07. The Kier molecular flexibility index (Phi) is 8.61. The molecule has 0 radical (unpaired) electrons. The van der Waals surface area contributed by atoms with Gasteiger partial charge in [0.1, 0.15) is 22.7 Å². The number of phenolic OH excluding ortho intramolecular Hbond substituents is 1. The van der Waals surface area contributed by atoms with Gasteiger partial charge in [-0.15, -0.1) is 35.4 Å². The van der Waals surface area contributed by atoms with Crippen LogP contribution in [0.1, 0.15) is 11.1 Å². The number of aromatic hydroxyl groups is 1. The van der Waals surface area contributed by atoms with Crippen LogP contribution in [-0.4, -0.2) is 19.6 Å². The molecule has 1 aliphatic carbocycles. The van der Waals surface area contributed by atoms with Gasteiger partial charge in [0.2, 0.25) is 0 Å². The summed E-state index contributed by atoms with van der Waals surface area (Å²) in [5, 5.41) is 16.2. The summed E-state index contributed by atoms with van der Waals surface area (Å²) in [6.45, 7) is 0. The normalized spacial score (nSPS) is 12.1. The van der Waals surface area contributed by atoms with Gasteiger partial charge in [0.25, 0.3) is 0 Å². The second kappa shape index (κ2) is 14.3. The number of phenols is 1. The number of benzene rings is 8. The van der Waals surface area contributed by atoms with Crippen LogP contribution in [0, 0.1) is 6.07 Å². The monoisotopic (exact) mass is 951 g/mol. The number of nitrogens with zero attached hydrogens (tertiary/aromatic N) is 3. The number of aryl methyl sites for hydroxylation is 2. The van der Waals surface area contributed by atoms with E-state index < -0.39 is 0 Å². The molecule has 0 aliphatic heterocycles. The zero-order chi connectivity index (χ0) is 39.0. The molecule has 0 atom stereocenters. The van der Waals surface area contributed by atoms with Crippen molar-refractivity contribution in [1.82, 2.24) is 14.5 Å². The molecule has 0 amide bonds. The van der Waals surface area contributed by atoms with Crippen LogP contribution in [0.4, 0.5) is 0 Å². The second-order valence-electron chi connectivity index (χ2n) is 15.2. The third-order valence-corrected chi connectivity index (χ3v) is 11.9. The van der Waals surface area contributed by atoms with Crippen molar-refractivity contribution >= 4 is 43.7 Å². The number of aromatic nitrogens is 3. The Morgan fingerprint density at radius 2 is 1.20 bits per heavy atom. The number of hydrogen-bond donors (Lipinski definition) is 1. The Morgan fingerprint density at radius 1 is 0.533 bits per heavy atom. The second-order valence-corrected chi connectivity index (χ2v) is 15.2. The Balaban J connectivity index is 0.00000408. The van der Waals surface area contributed by atoms with Gasteiger partial charge in [-0.3, -0.25) is 9.55 Å². The molecule has 5 nitrogen and oxygen atoms in total. The van der Waals surface area contributed by atoms with Gasteiger partial charge in [-0.2, -0.15) is 0 Å². The molecule has 1 aliphatic rings. The molecule has 60 heavy (non-hydrogen) atoms. The fraction of sp³-hybridized carbons (Fsp3) is 0.0370. The molecule has 0 bridgehead atoms. The van der Waals surface area contributed by atoms with E-state index in [4.69, 9.17) is 14.4 Å². The van der Waals surface area contributed by atoms with Crippen LogP contribution in [0.2, 0.25) is 0 Å². The molecule has 11 aromatic rings. The number of para-hydroxylation sites is 3. The maximum atomic E-state index is 12.1. The first-order valence-electron chi connectivity index (χ1n) is 20.0. The summed E-state index contributed by atoms with van der Waals surface area (Å²) < 4.78 is 8.49. The van der Waals surface area contributed by atoms with Gasteiger partial charge in [0.05, 0.1) is 28.0 Å². The molecule has 3 aromatic heterocycles. The summed E-state index contributed by atoms with van der Waals surface area (Å²) in [6.07, 6.45) is 1.87.